The van der Waals surface area contributed by atoms with Crippen LogP contribution in [0, 0.1) is 0 Å². The minimum atomic E-state index is -0.418. The molecule has 3 rings (SSSR count). The van der Waals surface area contributed by atoms with E-state index < -0.39 is 5.69 Å². The SMILES string of the molecule is CCCCCn1c(=O)[nH]c2cc(C(=O)NCCCN3CCCC[C@H]3CC)ccc2c1=O. The average molecular weight is 429 g/mol. The maximum absolute atomic E-state index is 12.7. The van der Waals surface area contributed by atoms with Gasteiger partial charge in [-0.05, 0) is 56.8 Å². The van der Waals surface area contributed by atoms with Gasteiger partial charge in [0.2, 0.25) is 0 Å². The Morgan fingerprint density at radius 3 is 2.74 bits per heavy atom. The summed E-state index contributed by atoms with van der Waals surface area (Å²) in [5.41, 5.74) is 0.149. The van der Waals surface area contributed by atoms with Crippen LogP contribution < -0.4 is 16.6 Å². The topological polar surface area (TPSA) is 87.2 Å². The van der Waals surface area contributed by atoms with Gasteiger partial charge in [0.05, 0.1) is 10.9 Å². The molecule has 1 amide bonds. The van der Waals surface area contributed by atoms with Crippen molar-refractivity contribution in [1.29, 1.82) is 0 Å². The number of amides is 1. The van der Waals surface area contributed by atoms with Crippen LogP contribution in [-0.4, -0.2) is 46.0 Å². The van der Waals surface area contributed by atoms with Crippen molar-refractivity contribution in [2.24, 2.45) is 0 Å². The minimum absolute atomic E-state index is 0.180. The summed E-state index contributed by atoms with van der Waals surface area (Å²) in [6.07, 6.45) is 8.74. The van der Waals surface area contributed by atoms with Gasteiger partial charge in [-0.3, -0.25) is 14.2 Å². The Hall–Kier alpha value is -2.41. The van der Waals surface area contributed by atoms with Crippen molar-refractivity contribution in [2.45, 2.75) is 77.8 Å². The first kappa shape index (κ1) is 23.3. The summed E-state index contributed by atoms with van der Waals surface area (Å²) in [5, 5.41) is 3.40. The molecule has 0 spiro atoms. The minimum Gasteiger partial charge on any atom is -0.352 e. The molecule has 2 N–H and O–H groups in total. The molecule has 2 heterocycles. The largest absolute Gasteiger partial charge is 0.352 e. The van der Waals surface area contributed by atoms with E-state index >= 15 is 0 Å². The van der Waals surface area contributed by atoms with Crippen molar-refractivity contribution < 1.29 is 4.79 Å². The number of piperidine rings is 1. The van der Waals surface area contributed by atoms with E-state index in [9.17, 15) is 14.4 Å². The Balaban J connectivity index is 1.60. The molecule has 1 aliphatic heterocycles. The van der Waals surface area contributed by atoms with Crippen molar-refractivity contribution in [2.75, 3.05) is 19.6 Å². The van der Waals surface area contributed by atoms with Crippen molar-refractivity contribution in [3.05, 3.63) is 44.6 Å². The van der Waals surface area contributed by atoms with Crippen molar-refractivity contribution >= 4 is 16.8 Å². The first-order valence-corrected chi connectivity index (χ1v) is 11.8. The van der Waals surface area contributed by atoms with Crippen LogP contribution in [0.3, 0.4) is 0 Å². The van der Waals surface area contributed by atoms with Gasteiger partial charge in [0, 0.05) is 31.2 Å². The number of carbonyl (C=O) groups is 1. The molecule has 0 radical (unpaired) electrons. The number of aromatic nitrogens is 2. The molecule has 1 aliphatic rings. The van der Waals surface area contributed by atoms with Crippen LogP contribution in [0.4, 0.5) is 0 Å². The first-order valence-electron chi connectivity index (χ1n) is 11.8. The van der Waals surface area contributed by atoms with Crippen LogP contribution in [0.15, 0.2) is 27.8 Å². The smallest absolute Gasteiger partial charge is 0.328 e. The monoisotopic (exact) mass is 428 g/mol. The zero-order valence-electron chi connectivity index (χ0n) is 18.9. The molecule has 0 aliphatic carbocycles. The van der Waals surface area contributed by atoms with E-state index in [1.54, 1.807) is 18.2 Å². The van der Waals surface area contributed by atoms with Crippen molar-refractivity contribution in [3.8, 4) is 0 Å². The molecule has 31 heavy (non-hydrogen) atoms. The third-order valence-corrected chi connectivity index (χ3v) is 6.36. The van der Waals surface area contributed by atoms with Crippen molar-refractivity contribution in [3.63, 3.8) is 0 Å². The lowest BCUT2D eigenvalue weighted by atomic mass is 10.00. The van der Waals surface area contributed by atoms with E-state index in [-0.39, 0.29) is 11.5 Å². The number of hydrogen-bond acceptors (Lipinski definition) is 4. The van der Waals surface area contributed by atoms with Crippen LogP contribution in [0.1, 0.15) is 75.6 Å². The molecule has 1 fully saturated rings. The highest BCUT2D eigenvalue weighted by Crippen LogP contribution is 2.19. The van der Waals surface area contributed by atoms with E-state index in [1.165, 1.54) is 30.3 Å². The molecule has 7 nitrogen and oxygen atoms in total. The number of H-pyrrole nitrogens is 1. The zero-order valence-corrected chi connectivity index (χ0v) is 18.9. The number of hydrogen-bond donors (Lipinski definition) is 2. The van der Waals surface area contributed by atoms with E-state index in [1.807, 2.05) is 0 Å². The van der Waals surface area contributed by atoms with Gasteiger partial charge in [0.15, 0.2) is 0 Å². The number of benzene rings is 1. The highest BCUT2D eigenvalue weighted by atomic mass is 16.2. The third kappa shape index (κ3) is 5.85. The van der Waals surface area contributed by atoms with Crippen LogP contribution >= 0.6 is 0 Å². The second-order valence-electron chi connectivity index (χ2n) is 8.56. The van der Waals surface area contributed by atoms with Crippen LogP contribution in [0.5, 0.6) is 0 Å². The lowest BCUT2D eigenvalue weighted by molar-refractivity contribution is 0.0947. The normalized spacial score (nSPS) is 17.2. The van der Waals surface area contributed by atoms with E-state index in [0.717, 1.165) is 38.8 Å². The van der Waals surface area contributed by atoms with Gasteiger partial charge in [0.25, 0.3) is 11.5 Å². The third-order valence-electron chi connectivity index (χ3n) is 6.36. The molecule has 1 saturated heterocycles. The van der Waals surface area contributed by atoms with Gasteiger partial charge in [-0.25, -0.2) is 4.79 Å². The predicted octanol–water partition coefficient (Wildman–Crippen LogP) is 3.26. The molecule has 0 unspecified atom stereocenters. The predicted molar refractivity (Wildman–Crippen MR) is 125 cm³/mol. The van der Waals surface area contributed by atoms with Gasteiger partial charge in [-0.1, -0.05) is 33.1 Å². The van der Waals surface area contributed by atoms with Gasteiger partial charge in [-0.2, -0.15) is 0 Å². The first-order chi connectivity index (χ1) is 15.0. The maximum Gasteiger partial charge on any atom is 0.328 e. The molecule has 0 saturated carbocycles. The Morgan fingerprint density at radius 1 is 1.13 bits per heavy atom. The molecule has 1 aromatic carbocycles. The highest BCUT2D eigenvalue weighted by molar-refractivity contribution is 5.97. The molecule has 0 bridgehead atoms. The van der Waals surface area contributed by atoms with Gasteiger partial charge in [0.1, 0.15) is 0 Å². The Morgan fingerprint density at radius 2 is 1.97 bits per heavy atom. The lowest BCUT2D eigenvalue weighted by Crippen LogP contribution is -2.40. The summed E-state index contributed by atoms with van der Waals surface area (Å²) in [6, 6.07) is 5.57. The fraction of sp³-hybridized carbons (Fsp3) is 0.625. The molecule has 1 aromatic heterocycles. The number of rotatable bonds is 10. The number of likely N-dealkylation sites (tertiary alicyclic amines) is 1. The number of nitrogens with one attached hydrogen (secondary N) is 2. The van der Waals surface area contributed by atoms with E-state index in [2.05, 4.69) is 29.0 Å². The Kier molecular flexibility index (Phi) is 8.46. The van der Waals surface area contributed by atoms with Gasteiger partial charge in [-0.15, -0.1) is 0 Å². The Labute approximate surface area is 183 Å². The molecule has 170 valence electrons. The standard InChI is InChI=1S/C24H36N4O3/c1-3-5-7-16-28-23(30)20-12-11-18(17-21(20)26-24(28)31)22(29)25-13-9-15-27-14-8-6-10-19(27)4-2/h11-12,17,19H,3-10,13-16H2,1-2H3,(H,25,29)(H,26,31)/t19-/m1/s1. The summed E-state index contributed by atoms with van der Waals surface area (Å²) < 4.78 is 1.25. The molecular weight excluding hydrogens is 392 g/mol. The molecule has 2 aromatic rings. The fourth-order valence-corrected chi connectivity index (χ4v) is 4.52. The van der Waals surface area contributed by atoms with Gasteiger partial charge >= 0.3 is 5.69 Å². The summed E-state index contributed by atoms with van der Waals surface area (Å²) in [4.78, 5) is 42.9. The Bertz CT molecular complexity index is 994. The van der Waals surface area contributed by atoms with Crippen LogP contribution in [0.25, 0.3) is 10.9 Å². The number of fused-ring (bicyclic) bond motifs is 1. The molecule has 1 atom stereocenters. The number of carbonyl (C=O) groups excluding carboxylic acids is 1. The quantitative estimate of drug-likeness (QED) is 0.569. The number of unbranched alkanes of at least 4 members (excludes halogenated alkanes) is 2. The second kappa shape index (κ2) is 11.3. The fourth-order valence-electron chi connectivity index (χ4n) is 4.52. The lowest BCUT2D eigenvalue weighted by Gasteiger charge is -2.35. The van der Waals surface area contributed by atoms with E-state index in [0.29, 0.717) is 35.6 Å². The summed E-state index contributed by atoms with van der Waals surface area (Å²) >= 11 is 0. The van der Waals surface area contributed by atoms with Crippen molar-refractivity contribution in [1.82, 2.24) is 19.8 Å². The number of aromatic amines is 1. The highest BCUT2D eigenvalue weighted by Gasteiger charge is 2.20. The van der Waals surface area contributed by atoms with E-state index in [4.69, 9.17) is 0 Å². The maximum atomic E-state index is 12.7. The summed E-state index contributed by atoms with van der Waals surface area (Å²) in [5.74, 6) is -0.180. The molecule has 7 heteroatoms. The molecular formula is C24H36N4O3. The van der Waals surface area contributed by atoms with Gasteiger partial charge < -0.3 is 15.2 Å². The zero-order chi connectivity index (χ0) is 22.2. The summed E-state index contributed by atoms with van der Waals surface area (Å²) in [6.45, 7) is 7.50. The van der Waals surface area contributed by atoms with Crippen LogP contribution in [0.2, 0.25) is 0 Å². The second-order valence-corrected chi connectivity index (χ2v) is 8.56. The van der Waals surface area contributed by atoms with Crippen LogP contribution in [-0.2, 0) is 6.54 Å². The summed E-state index contributed by atoms with van der Waals surface area (Å²) in [7, 11) is 0. The number of nitrogens with zero attached hydrogens (tertiary/aromatic N) is 2. The average Bonchev–Trinajstić information content (AvgIpc) is 2.78.